The third-order valence-electron chi connectivity index (χ3n) is 5.60. The zero-order valence-corrected chi connectivity index (χ0v) is 19.9. The predicted molar refractivity (Wildman–Crippen MR) is 129 cm³/mol. The van der Waals surface area contributed by atoms with E-state index in [2.05, 4.69) is 41.4 Å². The van der Waals surface area contributed by atoms with Crippen molar-refractivity contribution in [2.45, 2.75) is 38.4 Å². The molecule has 164 valence electrons. The summed E-state index contributed by atoms with van der Waals surface area (Å²) < 4.78 is 17.3. The molecule has 0 saturated carbocycles. The van der Waals surface area contributed by atoms with Crippen molar-refractivity contribution in [3.05, 3.63) is 59.5 Å². The summed E-state index contributed by atoms with van der Waals surface area (Å²) in [6, 6.07) is 12.4. The molecule has 2 aliphatic rings. The summed E-state index contributed by atoms with van der Waals surface area (Å²) in [6.07, 6.45) is 5.08. The molecule has 2 unspecified atom stereocenters. The summed E-state index contributed by atoms with van der Waals surface area (Å²) in [5, 5.41) is 3.54. The van der Waals surface area contributed by atoms with Crippen LogP contribution in [0.1, 0.15) is 35.8 Å². The van der Waals surface area contributed by atoms with Crippen LogP contribution in [0.4, 0.5) is 0 Å². The van der Waals surface area contributed by atoms with Crippen LogP contribution in [0.2, 0.25) is 0 Å². The van der Waals surface area contributed by atoms with Crippen molar-refractivity contribution in [2.24, 2.45) is 4.99 Å². The number of morpholine rings is 1. The minimum atomic E-state index is 0. The zero-order valence-electron chi connectivity index (χ0n) is 17.6. The number of hydrogen-bond acceptors (Lipinski definition) is 4. The van der Waals surface area contributed by atoms with Crippen LogP contribution in [-0.4, -0.2) is 56.4 Å². The number of furan rings is 1. The van der Waals surface area contributed by atoms with Gasteiger partial charge >= 0.3 is 0 Å². The highest BCUT2D eigenvalue weighted by Gasteiger charge is 2.26. The molecule has 30 heavy (non-hydrogen) atoms. The van der Waals surface area contributed by atoms with Gasteiger partial charge in [0.2, 0.25) is 0 Å². The first kappa shape index (κ1) is 23.1. The quantitative estimate of drug-likeness (QED) is 0.352. The average molecular weight is 525 g/mol. The summed E-state index contributed by atoms with van der Waals surface area (Å²) in [6.45, 7) is 6.81. The maximum Gasteiger partial charge on any atom is 0.194 e. The second-order valence-electron chi connectivity index (χ2n) is 7.72. The van der Waals surface area contributed by atoms with Gasteiger partial charge in [0.1, 0.15) is 11.9 Å². The maximum atomic E-state index is 6.10. The summed E-state index contributed by atoms with van der Waals surface area (Å²) in [7, 11) is 0. The third kappa shape index (κ3) is 6.21. The molecule has 6 nitrogen and oxygen atoms in total. The highest BCUT2D eigenvalue weighted by Crippen LogP contribution is 2.25. The molecule has 0 spiro atoms. The van der Waals surface area contributed by atoms with Gasteiger partial charge in [-0.05, 0) is 43.0 Å². The van der Waals surface area contributed by atoms with Gasteiger partial charge in [-0.2, -0.15) is 0 Å². The Balaban J connectivity index is 0.00000256. The Morgan fingerprint density at radius 1 is 1.17 bits per heavy atom. The monoisotopic (exact) mass is 525 g/mol. The molecular weight excluding hydrogens is 493 g/mol. The minimum Gasteiger partial charge on any atom is -0.469 e. The lowest BCUT2D eigenvalue weighted by Crippen LogP contribution is -2.49. The lowest BCUT2D eigenvalue weighted by atomic mass is 10.0. The van der Waals surface area contributed by atoms with Crippen LogP contribution >= 0.6 is 24.0 Å². The molecule has 2 atom stereocenters. The molecule has 2 aliphatic heterocycles. The lowest BCUT2D eigenvalue weighted by Gasteiger charge is -2.36. The van der Waals surface area contributed by atoms with E-state index in [1.165, 1.54) is 11.1 Å². The van der Waals surface area contributed by atoms with E-state index in [9.17, 15) is 0 Å². The number of nitrogens with zero attached hydrogens (tertiary/aromatic N) is 2. The molecule has 7 heteroatoms. The first-order valence-electron chi connectivity index (χ1n) is 10.6. The second kappa shape index (κ2) is 11.7. The zero-order chi connectivity index (χ0) is 19.9. The molecule has 3 heterocycles. The van der Waals surface area contributed by atoms with E-state index >= 15 is 0 Å². The molecule has 0 radical (unpaired) electrons. The standard InChI is InChI=1S/C23H31N3O3.HI/c1-18-6-2-3-9-21(18)22-17-26(12-15-29-22)23(25-16-20-8-5-14-28-20)24-11-10-19-7-4-13-27-19;/h2-4,6-7,9,13,20,22H,5,8,10-12,14-17H2,1H3,(H,24,25);1H. The number of aryl methyl sites for hydroxylation is 1. The number of ether oxygens (including phenoxy) is 2. The SMILES string of the molecule is Cc1ccccc1C1CN(C(=NCC2CCCO2)NCCc2ccco2)CCO1.I. The molecule has 1 aromatic heterocycles. The van der Waals surface area contributed by atoms with Crippen molar-refractivity contribution in [2.75, 3.05) is 39.4 Å². The van der Waals surface area contributed by atoms with Crippen LogP contribution in [0.25, 0.3) is 0 Å². The normalized spacial score (nSPS) is 22.0. The average Bonchev–Trinajstić information content (AvgIpc) is 3.45. The Labute approximate surface area is 196 Å². The van der Waals surface area contributed by atoms with Gasteiger partial charge in [-0.15, -0.1) is 24.0 Å². The number of nitrogens with one attached hydrogen (secondary N) is 1. The maximum absolute atomic E-state index is 6.10. The first-order valence-corrected chi connectivity index (χ1v) is 10.6. The summed E-state index contributed by atoms with van der Waals surface area (Å²) in [5.74, 6) is 1.92. The number of halogens is 1. The molecule has 1 aromatic carbocycles. The molecule has 0 bridgehead atoms. The number of hydrogen-bond donors (Lipinski definition) is 1. The number of aliphatic imine (C=N–C) groups is 1. The molecule has 4 rings (SSSR count). The Morgan fingerprint density at radius 2 is 2.07 bits per heavy atom. The van der Waals surface area contributed by atoms with Crippen molar-refractivity contribution in [3.63, 3.8) is 0 Å². The Hall–Kier alpha value is -1.58. The van der Waals surface area contributed by atoms with E-state index in [1.54, 1.807) is 6.26 Å². The lowest BCUT2D eigenvalue weighted by molar-refractivity contribution is -0.00844. The number of rotatable bonds is 6. The predicted octanol–water partition coefficient (Wildman–Crippen LogP) is 3.95. The van der Waals surface area contributed by atoms with Crippen LogP contribution in [0, 0.1) is 6.92 Å². The van der Waals surface area contributed by atoms with Crippen molar-refractivity contribution < 1.29 is 13.9 Å². The summed E-state index contributed by atoms with van der Waals surface area (Å²) in [5.41, 5.74) is 2.52. The third-order valence-corrected chi connectivity index (χ3v) is 5.60. The van der Waals surface area contributed by atoms with Crippen LogP contribution in [0.5, 0.6) is 0 Å². The largest absolute Gasteiger partial charge is 0.469 e. The van der Waals surface area contributed by atoms with E-state index in [1.807, 2.05) is 12.1 Å². The van der Waals surface area contributed by atoms with Gasteiger partial charge in [-0.25, -0.2) is 0 Å². The second-order valence-corrected chi connectivity index (χ2v) is 7.72. The minimum absolute atomic E-state index is 0. The molecule has 2 aromatic rings. The summed E-state index contributed by atoms with van der Waals surface area (Å²) in [4.78, 5) is 7.24. The first-order chi connectivity index (χ1) is 14.3. The fourth-order valence-corrected chi connectivity index (χ4v) is 3.97. The smallest absolute Gasteiger partial charge is 0.194 e. The molecule has 0 amide bonds. The van der Waals surface area contributed by atoms with E-state index < -0.39 is 0 Å². The van der Waals surface area contributed by atoms with E-state index in [4.69, 9.17) is 18.9 Å². The van der Waals surface area contributed by atoms with Gasteiger partial charge in [0.15, 0.2) is 5.96 Å². The van der Waals surface area contributed by atoms with Crippen LogP contribution < -0.4 is 5.32 Å². The van der Waals surface area contributed by atoms with E-state index in [0.29, 0.717) is 13.2 Å². The van der Waals surface area contributed by atoms with Gasteiger partial charge in [0.25, 0.3) is 0 Å². The van der Waals surface area contributed by atoms with Crippen LogP contribution in [0.3, 0.4) is 0 Å². The number of benzene rings is 1. The molecule has 2 saturated heterocycles. The van der Waals surface area contributed by atoms with Gasteiger partial charge in [-0.1, -0.05) is 24.3 Å². The van der Waals surface area contributed by atoms with E-state index in [-0.39, 0.29) is 36.2 Å². The van der Waals surface area contributed by atoms with Crippen LogP contribution in [0.15, 0.2) is 52.1 Å². The van der Waals surface area contributed by atoms with Crippen LogP contribution in [-0.2, 0) is 15.9 Å². The van der Waals surface area contributed by atoms with Gasteiger partial charge in [0.05, 0.1) is 32.1 Å². The Bertz CT molecular complexity index is 791. The summed E-state index contributed by atoms with van der Waals surface area (Å²) >= 11 is 0. The molecular formula is C23H32IN3O3. The fraction of sp³-hybridized carbons (Fsp3) is 0.522. The Kier molecular flexibility index (Phi) is 9.02. The van der Waals surface area contributed by atoms with Gasteiger partial charge < -0.3 is 24.1 Å². The molecule has 1 N–H and O–H groups in total. The molecule has 2 fully saturated rings. The van der Waals surface area contributed by atoms with Crippen molar-refractivity contribution in [1.29, 1.82) is 0 Å². The van der Waals surface area contributed by atoms with Crippen molar-refractivity contribution in [3.8, 4) is 0 Å². The molecule has 0 aliphatic carbocycles. The van der Waals surface area contributed by atoms with Crippen molar-refractivity contribution in [1.82, 2.24) is 10.2 Å². The van der Waals surface area contributed by atoms with Gasteiger partial charge in [-0.3, -0.25) is 4.99 Å². The van der Waals surface area contributed by atoms with E-state index in [0.717, 1.165) is 57.2 Å². The Morgan fingerprint density at radius 3 is 2.83 bits per heavy atom. The fourth-order valence-electron chi connectivity index (χ4n) is 3.97. The topological polar surface area (TPSA) is 59.2 Å². The van der Waals surface area contributed by atoms with Gasteiger partial charge in [0, 0.05) is 26.1 Å². The highest BCUT2D eigenvalue weighted by atomic mass is 127. The highest BCUT2D eigenvalue weighted by molar-refractivity contribution is 14.0. The number of guanidine groups is 1. The van der Waals surface area contributed by atoms with Crippen molar-refractivity contribution >= 4 is 29.9 Å².